The van der Waals surface area contributed by atoms with Crippen LogP contribution in [0, 0.1) is 11.8 Å². The van der Waals surface area contributed by atoms with Gasteiger partial charge in [-0.15, -0.1) is 0 Å². The fourth-order valence-electron chi connectivity index (χ4n) is 2.83. The van der Waals surface area contributed by atoms with Gasteiger partial charge in [-0.1, -0.05) is 36.1 Å². The average Bonchev–Trinajstić information content (AvgIpc) is 3.13. The second-order valence-electron chi connectivity index (χ2n) is 7.45. The molecule has 0 spiro atoms. The highest BCUT2D eigenvalue weighted by Crippen LogP contribution is 2.19. The first-order valence-corrected chi connectivity index (χ1v) is 9.96. The number of carboxylic acids is 1. The summed E-state index contributed by atoms with van der Waals surface area (Å²) in [5.41, 5.74) is 1.59. The topological polar surface area (TPSA) is 84.6 Å². The van der Waals surface area contributed by atoms with Crippen molar-refractivity contribution in [2.45, 2.75) is 38.7 Å². The van der Waals surface area contributed by atoms with Crippen LogP contribution in [0.15, 0.2) is 52.9 Å². The number of rotatable bonds is 9. The standard InChI is InChI=1S/C24H26N2O4/c1-24(2,23(27)28)30-19-14-12-18(13-15-19)8-7-17-25-16-6-5-11-22-26-20-9-3-4-10-21(20)29-22/h3-4,9-10,12-15,25H,7-8,11,16-17H2,1-2H3,(H,27,28). The molecule has 156 valence electrons. The number of nitrogens with zero attached hydrogens (tertiary/aromatic N) is 1. The molecule has 0 aliphatic heterocycles. The highest BCUT2D eigenvalue weighted by Gasteiger charge is 2.29. The number of fused-ring (bicyclic) bond motifs is 1. The molecule has 3 rings (SSSR count). The van der Waals surface area contributed by atoms with Gasteiger partial charge in [-0.3, -0.25) is 0 Å². The molecule has 0 radical (unpaired) electrons. The van der Waals surface area contributed by atoms with Crippen LogP contribution in [-0.4, -0.2) is 34.8 Å². The summed E-state index contributed by atoms with van der Waals surface area (Å²) < 4.78 is 11.1. The number of ether oxygens (including phenoxy) is 1. The van der Waals surface area contributed by atoms with E-state index in [9.17, 15) is 4.79 Å². The maximum Gasteiger partial charge on any atom is 0.347 e. The van der Waals surface area contributed by atoms with E-state index in [4.69, 9.17) is 14.3 Å². The van der Waals surface area contributed by atoms with Crippen molar-refractivity contribution in [1.29, 1.82) is 0 Å². The Balaban J connectivity index is 1.33. The number of aryl methyl sites for hydroxylation is 1. The summed E-state index contributed by atoms with van der Waals surface area (Å²) in [6.45, 7) is 4.55. The smallest absolute Gasteiger partial charge is 0.347 e. The van der Waals surface area contributed by atoms with Gasteiger partial charge in [0.05, 0.1) is 13.0 Å². The van der Waals surface area contributed by atoms with Gasteiger partial charge in [0.1, 0.15) is 11.3 Å². The Hall–Kier alpha value is -3.30. The fraction of sp³-hybridized carbons (Fsp3) is 0.333. The van der Waals surface area contributed by atoms with Gasteiger partial charge in [0, 0.05) is 0 Å². The van der Waals surface area contributed by atoms with E-state index in [0.29, 0.717) is 24.6 Å². The fourth-order valence-corrected chi connectivity index (χ4v) is 2.83. The molecule has 30 heavy (non-hydrogen) atoms. The normalized spacial score (nSPS) is 11.1. The van der Waals surface area contributed by atoms with E-state index in [2.05, 4.69) is 22.1 Å². The zero-order valence-electron chi connectivity index (χ0n) is 17.3. The molecular formula is C24H26N2O4. The Morgan fingerprint density at radius 3 is 2.67 bits per heavy atom. The highest BCUT2D eigenvalue weighted by atomic mass is 16.5. The molecule has 0 saturated carbocycles. The molecule has 6 heteroatoms. The molecule has 0 aliphatic rings. The molecule has 0 saturated heterocycles. The van der Waals surface area contributed by atoms with Crippen molar-refractivity contribution in [1.82, 2.24) is 10.3 Å². The summed E-state index contributed by atoms with van der Waals surface area (Å²) in [7, 11) is 0. The van der Waals surface area contributed by atoms with Gasteiger partial charge >= 0.3 is 5.97 Å². The molecule has 1 aromatic heterocycles. The molecule has 1 heterocycles. The summed E-state index contributed by atoms with van der Waals surface area (Å²) in [6, 6.07) is 15.2. The van der Waals surface area contributed by atoms with Crippen LogP contribution in [0.1, 0.15) is 31.7 Å². The van der Waals surface area contributed by atoms with Gasteiger partial charge in [0.25, 0.3) is 0 Å². The molecule has 2 N–H and O–H groups in total. The van der Waals surface area contributed by atoms with E-state index in [0.717, 1.165) is 30.5 Å². The van der Waals surface area contributed by atoms with Gasteiger partial charge in [0.2, 0.25) is 5.89 Å². The zero-order valence-corrected chi connectivity index (χ0v) is 17.3. The number of benzene rings is 2. The van der Waals surface area contributed by atoms with E-state index in [1.54, 1.807) is 0 Å². The monoisotopic (exact) mass is 406 g/mol. The molecule has 0 bridgehead atoms. The molecule has 3 aromatic rings. The van der Waals surface area contributed by atoms with E-state index >= 15 is 0 Å². The molecule has 0 unspecified atom stereocenters. The van der Waals surface area contributed by atoms with Gasteiger partial charge in [0.15, 0.2) is 11.2 Å². The van der Waals surface area contributed by atoms with Gasteiger partial charge in [-0.05, 0) is 63.1 Å². The summed E-state index contributed by atoms with van der Waals surface area (Å²) in [4.78, 5) is 15.5. The third-order valence-corrected chi connectivity index (χ3v) is 4.55. The predicted molar refractivity (Wildman–Crippen MR) is 115 cm³/mol. The molecule has 2 aromatic carbocycles. The lowest BCUT2D eigenvalue weighted by Crippen LogP contribution is -2.37. The number of para-hydroxylation sites is 2. The Bertz CT molecular complexity index is 1010. The zero-order chi connectivity index (χ0) is 21.4. The maximum absolute atomic E-state index is 11.1. The van der Waals surface area contributed by atoms with Gasteiger partial charge in [-0.25, -0.2) is 9.78 Å². The quantitative estimate of drug-likeness (QED) is 0.415. The van der Waals surface area contributed by atoms with E-state index in [-0.39, 0.29) is 0 Å². The lowest BCUT2D eigenvalue weighted by atomic mass is 10.1. The Morgan fingerprint density at radius 2 is 1.93 bits per heavy atom. The molecule has 0 atom stereocenters. The number of hydrogen-bond donors (Lipinski definition) is 2. The molecule has 6 nitrogen and oxygen atoms in total. The Morgan fingerprint density at radius 1 is 1.17 bits per heavy atom. The van der Waals surface area contributed by atoms with Gasteiger partial charge < -0.3 is 19.6 Å². The number of aromatic nitrogens is 1. The molecule has 0 aliphatic carbocycles. The van der Waals surface area contributed by atoms with Crippen molar-refractivity contribution in [2.24, 2.45) is 0 Å². The van der Waals surface area contributed by atoms with Crippen LogP contribution in [0.5, 0.6) is 5.75 Å². The minimum Gasteiger partial charge on any atom is -0.478 e. The Kier molecular flexibility index (Phi) is 7.10. The van der Waals surface area contributed by atoms with Crippen LogP contribution in [-0.2, 0) is 17.6 Å². The number of hydrogen-bond acceptors (Lipinski definition) is 5. The minimum absolute atomic E-state index is 0.503. The minimum atomic E-state index is -1.24. The van der Waals surface area contributed by atoms with Gasteiger partial charge in [-0.2, -0.15) is 0 Å². The second-order valence-corrected chi connectivity index (χ2v) is 7.45. The van der Waals surface area contributed by atoms with Crippen molar-refractivity contribution in [3.8, 4) is 17.6 Å². The van der Waals surface area contributed by atoms with Crippen molar-refractivity contribution in [2.75, 3.05) is 13.1 Å². The largest absolute Gasteiger partial charge is 0.478 e. The summed E-state index contributed by atoms with van der Waals surface area (Å²) in [5, 5.41) is 12.4. The van der Waals surface area contributed by atoms with E-state index < -0.39 is 11.6 Å². The number of oxazole rings is 1. The lowest BCUT2D eigenvalue weighted by Gasteiger charge is -2.21. The first-order chi connectivity index (χ1) is 14.4. The van der Waals surface area contributed by atoms with Crippen LogP contribution in [0.2, 0.25) is 0 Å². The molecule has 0 fully saturated rings. The van der Waals surface area contributed by atoms with Crippen LogP contribution < -0.4 is 10.1 Å². The SMILES string of the molecule is CC(C)(Oc1ccc(CCCNCC#CCc2nc3ccccc3o2)cc1)C(=O)O. The number of carbonyl (C=O) groups is 1. The van der Waals surface area contributed by atoms with Crippen molar-refractivity contribution >= 4 is 17.1 Å². The summed E-state index contributed by atoms with van der Waals surface area (Å²) in [5.74, 6) is 6.37. The number of carboxylic acid groups (broad SMARTS) is 1. The van der Waals surface area contributed by atoms with Crippen molar-refractivity contribution < 1.29 is 19.1 Å². The summed E-state index contributed by atoms with van der Waals surface area (Å²) in [6.07, 6.45) is 2.41. The third-order valence-electron chi connectivity index (χ3n) is 4.55. The third kappa shape index (κ3) is 6.10. The maximum atomic E-state index is 11.1. The van der Waals surface area contributed by atoms with Crippen molar-refractivity contribution in [3.63, 3.8) is 0 Å². The number of aliphatic carboxylic acids is 1. The highest BCUT2D eigenvalue weighted by molar-refractivity contribution is 5.76. The average molecular weight is 406 g/mol. The van der Waals surface area contributed by atoms with Crippen LogP contribution in [0.4, 0.5) is 0 Å². The second kappa shape index (κ2) is 9.95. The van der Waals surface area contributed by atoms with Crippen LogP contribution in [0.25, 0.3) is 11.1 Å². The summed E-state index contributed by atoms with van der Waals surface area (Å²) >= 11 is 0. The lowest BCUT2D eigenvalue weighted by molar-refractivity contribution is -0.152. The predicted octanol–water partition coefficient (Wildman–Crippen LogP) is 3.84. The molecule has 0 amide bonds. The van der Waals surface area contributed by atoms with Crippen LogP contribution >= 0.6 is 0 Å². The first-order valence-electron chi connectivity index (χ1n) is 9.96. The van der Waals surface area contributed by atoms with Crippen LogP contribution in [0.3, 0.4) is 0 Å². The first kappa shape index (κ1) is 21.4. The van der Waals surface area contributed by atoms with E-state index in [1.807, 2.05) is 48.5 Å². The number of nitrogens with one attached hydrogen (secondary N) is 1. The molecular weight excluding hydrogens is 380 g/mol. The Labute approximate surface area is 176 Å². The van der Waals surface area contributed by atoms with Crippen molar-refractivity contribution in [3.05, 3.63) is 60.0 Å². The van der Waals surface area contributed by atoms with E-state index in [1.165, 1.54) is 19.4 Å².